The van der Waals surface area contributed by atoms with Crippen LogP contribution in [0.4, 0.5) is 9.18 Å². The van der Waals surface area contributed by atoms with Crippen molar-refractivity contribution in [3.05, 3.63) is 64.0 Å². The zero-order valence-corrected chi connectivity index (χ0v) is 19.3. The number of nitrogens with zero attached hydrogens (tertiary/aromatic N) is 3. The van der Waals surface area contributed by atoms with Gasteiger partial charge >= 0.3 is 6.16 Å². The zero-order valence-electron chi connectivity index (χ0n) is 18.5. The van der Waals surface area contributed by atoms with Gasteiger partial charge in [0, 0.05) is 18.0 Å². The van der Waals surface area contributed by atoms with Gasteiger partial charge in [-0.2, -0.15) is 5.10 Å². The number of carbonyl (C=O) groups is 1. The summed E-state index contributed by atoms with van der Waals surface area (Å²) in [6, 6.07) is 11.2. The fourth-order valence-electron chi connectivity index (χ4n) is 2.72. The van der Waals surface area contributed by atoms with Gasteiger partial charge in [-0.1, -0.05) is 0 Å². The lowest BCUT2D eigenvalue weighted by molar-refractivity contribution is 0.0201. The minimum absolute atomic E-state index is 0.235. The van der Waals surface area contributed by atoms with Gasteiger partial charge in [0.25, 0.3) is 0 Å². The molecule has 1 aromatic heterocycles. The van der Waals surface area contributed by atoms with Crippen molar-refractivity contribution in [3.8, 4) is 22.8 Å². The number of methoxy groups -OCH3 is 1. The largest absolute Gasteiger partial charge is 0.514 e. The predicted octanol–water partition coefficient (Wildman–Crippen LogP) is 5.09. The van der Waals surface area contributed by atoms with Crippen molar-refractivity contribution >= 4 is 23.7 Å². The van der Waals surface area contributed by atoms with E-state index in [-0.39, 0.29) is 11.6 Å². The first-order valence-corrected chi connectivity index (χ1v) is 10.6. The monoisotopic (exact) mass is 457 g/mol. The molecule has 168 valence electrons. The molecular weight excluding hydrogens is 433 g/mol. The number of carbonyl (C=O) groups excluding carboxylic acids is 1. The Bertz CT molecular complexity index is 1190. The van der Waals surface area contributed by atoms with Crippen LogP contribution >= 0.6 is 11.3 Å². The van der Waals surface area contributed by atoms with E-state index in [0.29, 0.717) is 16.1 Å². The van der Waals surface area contributed by atoms with Gasteiger partial charge in [-0.15, -0.1) is 11.3 Å². The number of hydrogen-bond acceptors (Lipinski definition) is 7. The second-order valence-corrected chi connectivity index (χ2v) is 8.50. The molecule has 0 saturated heterocycles. The molecule has 2 aromatic carbocycles. The first-order chi connectivity index (χ1) is 15.2. The number of thiazole rings is 1. The average Bonchev–Trinajstić information content (AvgIpc) is 3.15. The predicted molar refractivity (Wildman–Crippen MR) is 122 cm³/mol. The van der Waals surface area contributed by atoms with Gasteiger partial charge in [0.1, 0.15) is 11.4 Å². The van der Waals surface area contributed by atoms with Crippen molar-refractivity contribution in [2.24, 2.45) is 10.1 Å². The molecule has 0 atom stereocenters. The van der Waals surface area contributed by atoms with Crippen LogP contribution in [0.3, 0.4) is 0 Å². The molecule has 0 spiro atoms. The van der Waals surface area contributed by atoms with Crippen molar-refractivity contribution in [1.29, 1.82) is 0 Å². The third kappa shape index (κ3) is 5.82. The maximum Gasteiger partial charge on any atom is 0.514 e. The first-order valence-electron chi connectivity index (χ1n) is 9.72. The van der Waals surface area contributed by atoms with E-state index in [2.05, 4.69) is 10.1 Å². The molecule has 7 nitrogen and oxygen atoms in total. The highest BCUT2D eigenvalue weighted by molar-refractivity contribution is 7.07. The van der Waals surface area contributed by atoms with Crippen molar-refractivity contribution < 1.29 is 23.4 Å². The summed E-state index contributed by atoms with van der Waals surface area (Å²) >= 11 is 1.42. The van der Waals surface area contributed by atoms with E-state index in [4.69, 9.17) is 14.2 Å². The number of benzene rings is 2. The molecule has 0 aliphatic heterocycles. The van der Waals surface area contributed by atoms with Gasteiger partial charge in [-0.3, -0.25) is 4.99 Å². The van der Waals surface area contributed by atoms with E-state index in [1.165, 1.54) is 30.6 Å². The smallest absolute Gasteiger partial charge is 0.493 e. The molecule has 3 rings (SSSR count). The Morgan fingerprint density at radius 2 is 1.84 bits per heavy atom. The molecule has 1 heterocycles. The van der Waals surface area contributed by atoms with Crippen LogP contribution in [0.1, 0.15) is 26.3 Å². The van der Waals surface area contributed by atoms with Gasteiger partial charge in [0.05, 0.1) is 19.0 Å². The maximum absolute atomic E-state index is 13.3. The Kier molecular flexibility index (Phi) is 7.09. The van der Waals surface area contributed by atoms with Crippen LogP contribution in [-0.2, 0) is 4.74 Å². The van der Waals surface area contributed by atoms with E-state index in [0.717, 1.165) is 11.3 Å². The summed E-state index contributed by atoms with van der Waals surface area (Å²) in [5.41, 5.74) is 1.64. The van der Waals surface area contributed by atoms with Gasteiger partial charge in [-0.25, -0.2) is 13.9 Å². The molecule has 0 saturated carbocycles. The van der Waals surface area contributed by atoms with E-state index >= 15 is 0 Å². The van der Waals surface area contributed by atoms with Gasteiger partial charge in [0.15, 0.2) is 11.5 Å². The molecule has 0 unspecified atom stereocenters. The number of ether oxygens (including phenoxy) is 3. The SMILES string of the molecule is CN=c1scc(-c2ccc(F)cc2)n1N=Cc1ccc(OC(=O)OC(C)(C)C)c(OC)c1. The van der Waals surface area contributed by atoms with Crippen LogP contribution in [0.2, 0.25) is 0 Å². The second-order valence-electron chi connectivity index (χ2n) is 7.67. The molecular formula is C23H24FN3O4S. The fraction of sp³-hybridized carbons (Fsp3) is 0.261. The maximum atomic E-state index is 13.3. The average molecular weight is 458 g/mol. The molecule has 0 bridgehead atoms. The van der Waals surface area contributed by atoms with Gasteiger partial charge < -0.3 is 14.2 Å². The summed E-state index contributed by atoms with van der Waals surface area (Å²) in [4.78, 5) is 16.9. The molecule has 0 N–H and O–H groups in total. The van der Waals surface area contributed by atoms with Gasteiger partial charge in [-0.05, 0) is 68.8 Å². The summed E-state index contributed by atoms with van der Waals surface area (Å²) in [5.74, 6) is 0.285. The van der Waals surface area contributed by atoms with E-state index in [9.17, 15) is 9.18 Å². The first kappa shape index (κ1) is 23.2. The minimum Gasteiger partial charge on any atom is -0.493 e. The van der Waals surface area contributed by atoms with Crippen LogP contribution in [0.25, 0.3) is 11.3 Å². The number of rotatable bonds is 5. The highest BCUT2D eigenvalue weighted by Crippen LogP contribution is 2.28. The lowest BCUT2D eigenvalue weighted by Gasteiger charge is -2.19. The number of aromatic nitrogens is 1. The number of halogens is 1. The summed E-state index contributed by atoms with van der Waals surface area (Å²) in [7, 11) is 3.16. The molecule has 0 aliphatic carbocycles. The normalized spacial score (nSPS) is 12.2. The minimum atomic E-state index is -0.816. The lowest BCUT2D eigenvalue weighted by Crippen LogP contribution is -2.26. The van der Waals surface area contributed by atoms with Gasteiger partial charge in [0.2, 0.25) is 4.80 Å². The van der Waals surface area contributed by atoms with Crippen molar-refractivity contribution in [2.45, 2.75) is 26.4 Å². The quantitative estimate of drug-likeness (QED) is 0.304. The standard InChI is InChI=1S/C23H24FN3O4S/c1-23(2,3)31-22(28)30-19-11-6-15(12-20(19)29-5)13-26-27-18(14-32-21(27)25-4)16-7-9-17(24)10-8-16/h6-14H,1-5H3. The third-order valence-electron chi connectivity index (χ3n) is 4.11. The molecule has 0 aliphatic rings. The lowest BCUT2D eigenvalue weighted by atomic mass is 10.2. The Hall–Kier alpha value is -3.46. The molecule has 32 heavy (non-hydrogen) atoms. The highest BCUT2D eigenvalue weighted by Gasteiger charge is 2.19. The van der Waals surface area contributed by atoms with Crippen LogP contribution in [0.5, 0.6) is 11.5 Å². The van der Waals surface area contributed by atoms with E-state index in [1.807, 2.05) is 5.38 Å². The summed E-state index contributed by atoms with van der Waals surface area (Å²) in [6.07, 6.45) is 0.818. The molecule has 0 fully saturated rings. The molecule has 0 amide bonds. The van der Waals surface area contributed by atoms with Crippen LogP contribution in [0, 0.1) is 5.82 Å². The Morgan fingerprint density at radius 1 is 1.12 bits per heavy atom. The molecule has 9 heteroatoms. The Balaban J connectivity index is 1.88. The summed E-state index contributed by atoms with van der Waals surface area (Å²) < 4.78 is 30.8. The van der Waals surface area contributed by atoms with Crippen molar-refractivity contribution in [2.75, 3.05) is 14.2 Å². The van der Waals surface area contributed by atoms with Crippen LogP contribution in [-0.4, -0.2) is 36.8 Å². The topological polar surface area (TPSA) is 74.4 Å². The van der Waals surface area contributed by atoms with E-state index < -0.39 is 11.8 Å². The highest BCUT2D eigenvalue weighted by atomic mass is 32.1. The Morgan fingerprint density at radius 3 is 2.47 bits per heavy atom. The Labute approximate surface area is 189 Å². The van der Waals surface area contributed by atoms with Crippen molar-refractivity contribution in [1.82, 2.24) is 4.68 Å². The van der Waals surface area contributed by atoms with E-state index in [1.54, 1.807) is 69.0 Å². The zero-order chi connectivity index (χ0) is 23.3. The van der Waals surface area contributed by atoms with Crippen LogP contribution < -0.4 is 14.3 Å². The second kappa shape index (κ2) is 9.78. The fourth-order valence-corrected chi connectivity index (χ4v) is 3.52. The molecule has 3 aromatic rings. The molecule has 0 radical (unpaired) electrons. The van der Waals surface area contributed by atoms with Crippen LogP contribution in [0.15, 0.2) is 57.9 Å². The summed E-state index contributed by atoms with van der Waals surface area (Å²) in [6.45, 7) is 5.26. The summed E-state index contributed by atoms with van der Waals surface area (Å²) in [5, 5.41) is 6.46. The third-order valence-corrected chi connectivity index (χ3v) is 5.02. The van der Waals surface area contributed by atoms with Crippen molar-refractivity contribution in [3.63, 3.8) is 0 Å². The number of hydrogen-bond donors (Lipinski definition) is 0.